The summed E-state index contributed by atoms with van der Waals surface area (Å²) < 4.78 is 0. The van der Waals surface area contributed by atoms with E-state index in [-0.39, 0.29) is 0 Å². The fraction of sp³-hybridized carbons (Fsp3) is 0.750. The van der Waals surface area contributed by atoms with Crippen LogP contribution in [0.2, 0.25) is 0 Å². The Morgan fingerprint density at radius 1 is 1.20 bits per heavy atom. The van der Waals surface area contributed by atoms with Gasteiger partial charge in [0, 0.05) is 18.4 Å². The molecular weight excluding hydrogens is 248 g/mol. The van der Waals surface area contributed by atoms with Gasteiger partial charge < -0.3 is 5.32 Å². The summed E-state index contributed by atoms with van der Waals surface area (Å²) in [4.78, 5) is 11.5. The van der Waals surface area contributed by atoms with Gasteiger partial charge in [-0.15, -0.1) is 0 Å². The van der Waals surface area contributed by atoms with E-state index in [1.165, 1.54) is 45.3 Å². The molecule has 3 heterocycles. The molecule has 0 bridgehead atoms. The molecule has 20 heavy (non-hydrogen) atoms. The first-order valence-corrected chi connectivity index (χ1v) is 8.00. The molecule has 2 aliphatic heterocycles. The Bertz CT molecular complexity index is 434. The summed E-state index contributed by atoms with van der Waals surface area (Å²) in [5.41, 5.74) is 2.21. The largest absolute Gasteiger partial charge is 0.314 e. The second kappa shape index (κ2) is 6.19. The monoisotopic (exact) mass is 274 g/mol. The van der Waals surface area contributed by atoms with E-state index >= 15 is 0 Å². The van der Waals surface area contributed by atoms with Gasteiger partial charge in [0.2, 0.25) is 0 Å². The zero-order chi connectivity index (χ0) is 13.9. The third-order valence-electron chi connectivity index (χ3n) is 5.10. The molecule has 1 aromatic rings. The van der Waals surface area contributed by atoms with Crippen molar-refractivity contribution < 1.29 is 0 Å². The molecule has 1 aromatic heterocycles. The van der Waals surface area contributed by atoms with Gasteiger partial charge in [-0.3, -0.25) is 14.9 Å². The smallest absolute Gasteiger partial charge is 0.0784 e. The van der Waals surface area contributed by atoms with Crippen LogP contribution >= 0.6 is 0 Å². The maximum Gasteiger partial charge on any atom is 0.0784 e. The maximum absolute atomic E-state index is 4.53. The van der Waals surface area contributed by atoms with Crippen molar-refractivity contribution in [1.29, 1.82) is 0 Å². The van der Waals surface area contributed by atoms with Crippen LogP contribution in [0.1, 0.15) is 50.0 Å². The molecule has 0 amide bonds. The summed E-state index contributed by atoms with van der Waals surface area (Å²) >= 11 is 0. The minimum absolute atomic E-state index is 0.390. The quantitative estimate of drug-likeness (QED) is 0.918. The van der Waals surface area contributed by atoms with Crippen LogP contribution in [0.25, 0.3) is 0 Å². The average molecular weight is 274 g/mol. The second-order valence-electron chi connectivity index (χ2n) is 6.28. The van der Waals surface area contributed by atoms with E-state index in [9.17, 15) is 0 Å². The summed E-state index contributed by atoms with van der Waals surface area (Å²) in [6, 6.07) is 1.17. The molecule has 4 nitrogen and oxygen atoms in total. The maximum atomic E-state index is 4.53. The first-order chi connectivity index (χ1) is 9.75. The summed E-state index contributed by atoms with van der Waals surface area (Å²) in [5.74, 6) is 0.879. The lowest BCUT2D eigenvalue weighted by molar-refractivity contribution is 0.124. The Morgan fingerprint density at radius 2 is 1.95 bits per heavy atom. The van der Waals surface area contributed by atoms with Crippen molar-refractivity contribution in [3.63, 3.8) is 0 Å². The molecule has 4 heteroatoms. The van der Waals surface area contributed by atoms with Gasteiger partial charge in [0.1, 0.15) is 0 Å². The van der Waals surface area contributed by atoms with Crippen LogP contribution in [-0.2, 0) is 0 Å². The van der Waals surface area contributed by atoms with E-state index in [1.54, 1.807) is 6.20 Å². The summed E-state index contributed by atoms with van der Waals surface area (Å²) in [6.45, 7) is 7.94. The zero-order valence-corrected chi connectivity index (χ0v) is 12.7. The van der Waals surface area contributed by atoms with Crippen LogP contribution in [0.15, 0.2) is 12.4 Å². The number of nitrogens with one attached hydrogen (secondary N) is 1. The third kappa shape index (κ3) is 2.86. The minimum Gasteiger partial charge on any atom is -0.314 e. The van der Waals surface area contributed by atoms with Gasteiger partial charge in [-0.05, 0) is 65.1 Å². The molecule has 2 fully saturated rings. The third-order valence-corrected chi connectivity index (χ3v) is 5.10. The number of rotatable bonds is 3. The van der Waals surface area contributed by atoms with Gasteiger partial charge in [0.05, 0.1) is 17.4 Å². The summed E-state index contributed by atoms with van der Waals surface area (Å²) in [7, 11) is 0. The molecule has 2 atom stereocenters. The van der Waals surface area contributed by atoms with Crippen LogP contribution in [0, 0.1) is 12.8 Å². The van der Waals surface area contributed by atoms with Crippen molar-refractivity contribution in [2.45, 2.75) is 51.6 Å². The molecule has 110 valence electrons. The fourth-order valence-electron chi connectivity index (χ4n) is 3.82. The topological polar surface area (TPSA) is 41.1 Å². The molecule has 3 rings (SSSR count). The predicted molar refractivity (Wildman–Crippen MR) is 80.5 cm³/mol. The molecule has 0 aliphatic carbocycles. The fourth-order valence-corrected chi connectivity index (χ4v) is 3.82. The van der Waals surface area contributed by atoms with E-state index in [0.717, 1.165) is 23.3 Å². The SMILES string of the molecule is Cc1nccnc1C(C)N1CCC(C2CCCN2)CC1. The number of nitrogens with zero attached hydrogens (tertiary/aromatic N) is 3. The lowest BCUT2D eigenvalue weighted by Gasteiger charge is -2.38. The Balaban J connectivity index is 1.59. The molecule has 2 aliphatic rings. The van der Waals surface area contributed by atoms with Crippen LogP contribution in [-0.4, -0.2) is 40.5 Å². The number of hydrogen-bond acceptors (Lipinski definition) is 4. The molecule has 0 radical (unpaired) electrons. The van der Waals surface area contributed by atoms with Crippen LogP contribution in [0.3, 0.4) is 0 Å². The van der Waals surface area contributed by atoms with Crippen molar-refractivity contribution in [1.82, 2.24) is 20.2 Å². The van der Waals surface area contributed by atoms with Crippen molar-refractivity contribution in [2.24, 2.45) is 5.92 Å². The Labute approximate surface area is 122 Å². The summed E-state index contributed by atoms with van der Waals surface area (Å²) in [5, 5.41) is 3.67. The lowest BCUT2D eigenvalue weighted by atomic mass is 9.88. The number of aromatic nitrogens is 2. The molecule has 1 N–H and O–H groups in total. The summed E-state index contributed by atoms with van der Waals surface area (Å²) in [6.07, 6.45) is 8.98. The Kier molecular flexibility index (Phi) is 4.32. The molecular formula is C16H26N4. The van der Waals surface area contributed by atoms with Gasteiger partial charge >= 0.3 is 0 Å². The van der Waals surface area contributed by atoms with Crippen LogP contribution in [0.4, 0.5) is 0 Å². The standard InChI is InChI=1S/C16H26N4/c1-12-16(19-9-8-17-12)13(2)20-10-5-14(6-11-20)15-4-3-7-18-15/h8-9,13-15,18H,3-7,10-11H2,1-2H3. The van der Waals surface area contributed by atoms with Gasteiger partial charge in [-0.1, -0.05) is 0 Å². The Morgan fingerprint density at radius 3 is 2.60 bits per heavy atom. The normalized spacial score (nSPS) is 26.8. The number of hydrogen-bond donors (Lipinski definition) is 1. The molecule has 0 saturated carbocycles. The molecule has 0 aromatic carbocycles. The van der Waals surface area contributed by atoms with E-state index in [1.807, 2.05) is 6.20 Å². The number of aryl methyl sites for hydroxylation is 1. The van der Waals surface area contributed by atoms with Gasteiger partial charge in [0.25, 0.3) is 0 Å². The second-order valence-corrected chi connectivity index (χ2v) is 6.28. The first-order valence-electron chi connectivity index (χ1n) is 8.00. The predicted octanol–water partition coefficient (Wildman–Crippen LogP) is 2.31. The molecule has 2 unspecified atom stereocenters. The van der Waals surface area contributed by atoms with Crippen molar-refractivity contribution in [3.05, 3.63) is 23.8 Å². The van der Waals surface area contributed by atoms with E-state index in [2.05, 4.69) is 34.0 Å². The first kappa shape index (κ1) is 14.0. The van der Waals surface area contributed by atoms with Gasteiger partial charge in [0.15, 0.2) is 0 Å². The van der Waals surface area contributed by atoms with E-state index in [0.29, 0.717) is 6.04 Å². The molecule has 2 saturated heterocycles. The molecule has 0 spiro atoms. The van der Waals surface area contributed by atoms with Crippen LogP contribution < -0.4 is 5.32 Å². The van der Waals surface area contributed by atoms with Crippen molar-refractivity contribution in [2.75, 3.05) is 19.6 Å². The van der Waals surface area contributed by atoms with Gasteiger partial charge in [-0.2, -0.15) is 0 Å². The zero-order valence-electron chi connectivity index (χ0n) is 12.7. The van der Waals surface area contributed by atoms with Crippen LogP contribution in [0.5, 0.6) is 0 Å². The average Bonchev–Trinajstić information content (AvgIpc) is 3.01. The highest BCUT2D eigenvalue weighted by Gasteiger charge is 2.30. The Hall–Kier alpha value is -1.00. The minimum atomic E-state index is 0.390. The highest BCUT2D eigenvalue weighted by atomic mass is 15.2. The highest BCUT2D eigenvalue weighted by Crippen LogP contribution is 2.30. The van der Waals surface area contributed by atoms with Gasteiger partial charge in [-0.25, -0.2) is 0 Å². The number of piperidine rings is 1. The van der Waals surface area contributed by atoms with E-state index in [4.69, 9.17) is 0 Å². The van der Waals surface area contributed by atoms with Crippen molar-refractivity contribution >= 4 is 0 Å². The van der Waals surface area contributed by atoms with Crippen molar-refractivity contribution in [3.8, 4) is 0 Å². The van der Waals surface area contributed by atoms with E-state index < -0.39 is 0 Å². The number of likely N-dealkylation sites (tertiary alicyclic amines) is 1. The highest BCUT2D eigenvalue weighted by molar-refractivity contribution is 5.13. The lowest BCUT2D eigenvalue weighted by Crippen LogP contribution is -2.42.